The molecule has 0 aliphatic heterocycles. The molecule has 0 aromatic rings. The van der Waals surface area contributed by atoms with E-state index in [1.807, 2.05) is 6.92 Å². The fourth-order valence-electron chi connectivity index (χ4n) is 1.78. The second kappa shape index (κ2) is 5.42. The third kappa shape index (κ3) is 4.73. The van der Waals surface area contributed by atoms with Crippen LogP contribution in [0.1, 0.15) is 53.4 Å². The number of nitrogens with zero attached hydrogens (tertiary/aromatic N) is 1. The third-order valence-corrected chi connectivity index (χ3v) is 3.19. The molecule has 1 aliphatic rings. The van der Waals surface area contributed by atoms with E-state index in [1.54, 1.807) is 13.0 Å². The summed E-state index contributed by atoms with van der Waals surface area (Å²) in [6.45, 7) is 8.17. The summed E-state index contributed by atoms with van der Waals surface area (Å²) in [7, 11) is 0. The van der Waals surface area contributed by atoms with E-state index in [-0.39, 0.29) is 0 Å². The lowest BCUT2D eigenvalue weighted by atomic mass is 10.0. The molecule has 1 saturated carbocycles. The van der Waals surface area contributed by atoms with Crippen LogP contribution in [0.4, 0.5) is 4.48 Å². The zero-order chi connectivity index (χ0) is 12.2. The predicted octanol–water partition coefficient (Wildman–Crippen LogP) is 4.80. The number of halogens is 1. The highest BCUT2D eigenvalue weighted by Crippen LogP contribution is 2.48. The maximum Gasteiger partial charge on any atom is 0.0702 e. The minimum atomic E-state index is 0.444. The molecule has 0 saturated heterocycles. The van der Waals surface area contributed by atoms with Gasteiger partial charge < -0.3 is 0 Å². The van der Waals surface area contributed by atoms with Crippen LogP contribution >= 0.6 is 0 Å². The summed E-state index contributed by atoms with van der Waals surface area (Å²) in [5.41, 5.74) is 3.55. The molecule has 90 valence electrons. The standard InChI is InChI=1S/C14H22FN/c1-11(5-6-14(4)7-8-14)9-12(2)10-13(3)16-15/h5,10H,6-9H2,1-4H3/b11-5?,12-10-,16-13?. The number of rotatable bonds is 5. The van der Waals surface area contributed by atoms with Crippen molar-refractivity contribution in [2.75, 3.05) is 0 Å². The van der Waals surface area contributed by atoms with Crippen LogP contribution in [0.25, 0.3) is 0 Å². The molecule has 16 heavy (non-hydrogen) atoms. The van der Waals surface area contributed by atoms with Crippen LogP contribution in [0.5, 0.6) is 0 Å². The van der Waals surface area contributed by atoms with Crippen molar-refractivity contribution in [3.63, 3.8) is 0 Å². The summed E-state index contributed by atoms with van der Waals surface area (Å²) >= 11 is 0. The van der Waals surface area contributed by atoms with Gasteiger partial charge in [0.15, 0.2) is 0 Å². The average Bonchev–Trinajstić information content (AvgIpc) is 2.94. The van der Waals surface area contributed by atoms with Crippen LogP contribution in [0.3, 0.4) is 0 Å². The Morgan fingerprint density at radius 1 is 1.25 bits per heavy atom. The molecule has 0 radical (unpaired) electrons. The predicted molar refractivity (Wildman–Crippen MR) is 68.3 cm³/mol. The Morgan fingerprint density at radius 3 is 2.38 bits per heavy atom. The van der Waals surface area contributed by atoms with Gasteiger partial charge in [-0.25, -0.2) is 0 Å². The van der Waals surface area contributed by atoms with Crippen LogP contribution in [0, 0.1) is 5.41 Å². The van der Waals surface area contributed by atoms with Gasteiger partial charge >= 0.3 is 0 Å². The highest BCUT2D eigenvalue weighted by Gasteiger charge is 2.35. The smallest absolute Gasteiger partial charge is 0.0702 e. The van der Waals surface area contributed by atoms with Crippen LogP contribution in [-0.4, -0.2) is 5.71 Å². The lowest BCUT2D eigenvalue weighted by molar-refractivity contribution is 0.537. The van der Waals surface area contributed by atoms with Gasteiger partial charge in [0.2, 0.25) is 0 Å². The SMILES string of the molecule is CC(=CCC1(C)CC1)C/C(C)=C\C(C)=NF. The Kier molecular flexibility index (Phi) is 4.45. The minimum Gasteiger partial charge on any atom is -0.0924 e. The lowest BCUT2D eigenvalue weighted by Gasteiger charge is -2.06. The molecule has 0 aromatic heterocycles. The summed E-state index contributed by atoms with van der Waals surface area (Å²) in [4.78, 5) is 0. The van der Waals surface area contributed by atoms with E-state index in [9.17, 15) is 4.48 Å². The molecular formula is C14H22FN. The van der Waals surface area contributed by atoms with Gasteiger partial charge in [0, 0.05) is 0 Å². The number of hydrogen-bond donors (Lipinski definition) is 0. The van der Waals surface area contributed by atoms with Gasteiger partial charge in [-0.15, -0.1) is 0 Å². The molecule has 1 fully saturated rings. The van der Waals surface area contributed by atoms with Crippen molar-refractivity contribution in [1.29, 1.82) is 0 Å². The first-order valence-corrected chi connectivity index (χ1v) is 5.93. The minimum absolute atomic E-state index is 0.444. The molecule has 0 bridgehead atoms. The Balaban J connectivity index is 2.43. The number of hydrogen-bond acceptors (Lipinski definition) is 1. The van der Waals surface area contributed by atoms with Crippen LogP contribution in [-0.2, 0) is 0 Å². The second-order valence-corrected chi connectivity index (χ2v) is 5.46. The molecule has 1 aliphatic carbocycles. The van der Waals surface area contributed by atoms with E-state index in [1.165, 1.54) is 24.8 Å². The first-order valence-electron chi connectivity index (χ1n) is 5.93. The largest absolute Gasteiger partial charge is 0.0924 e. The normalized spacial score (nSPS) is 21.2. The zero-order valence-electron chi connectivity index (χ0n) is 10.8. The lowest BCUT2D eigenvalue weighted by Crippen LogP contribution is -1.91. The second-order valence-electron chi connectivity index (χ2n) is 5.46. The van der Waals surface area contributed by atoms with Crippen LogP contribution in [0.15, 0.2) is 28.5 Å². The third-order valence-electron chi connectivity index (χ3n) is 3.19. The monoisotopic (exact) mass is 223 g/mol. The van der Waals surface area contributed by atoms with Gasteiger partial charge in [-0.05, 0) is 57.9 Å². The molecule has 1 rings (SSSR count). The summed E-state index contributed by atoms with van der Waals surface area (Å²) in [6.07, 6.45) is 8.95. The summed E-state index contributed by atoms with van der Waals surface area (Å²) in [5, 5.41) is 2.65. The molecule has 1 nitrogen and oxygen atoms in total. The van der Waals surface area contributed by atoms with Gasteiger partial charge in [0.05, 0.1) is 5.71 Å². The van der Waals surface area contributed by atoms with Gasteiger partial charge in [0.1, 0.15) is 0 Å². The van der Waals surface area contributed by atoms with Crippen molar-refractivity contribution in [2.45, 2.75) is 53.4 Å². The maximum absolute atomic E-state index is 11.9. The van der Waals surface area contributed by atoms with E-state index >= 15 is 0 Å². The average molecular weight is 223 g/mol. The Labute approximate surface area is 98.1 Å². The molecule has 0 amide bonds. The molecule has 2 heteroatoms. The Morgan fingerprint density at radius 2 is 1.88 bits per heavy atom. The Hall–Kier alpha value is -0.920. The fourth-order valence-corrected chi connectivity index (χ4v) is 1.78. The molecular weight excluding hydrogens is 201 g/mol. The van der Waals surface area contributed by atoms with Crippen molar-refractivity contribution in [1.82, 2.24) is 0 Å². The van der Waals surface area contributed by atoms with Crippen LogP contribution in [0.2, 0.25) is 0 Å². The van der Waals surface area contributed by atoms with Gasteiger partial charge in [-0.2, -0.15) is 0 Å². The highest BCUT2D eigenvalue weighted by atomic mass is 19.2. The maximum atomic E-state index is 11.9. The van der Waals surface area contributed by atoms with Crippen molar-refractivity contribution in [3.05, 3.63) is 23.3 Å². The van der Waals surface area contributed by atoms with E-state index in [4.69, 9.17) is 0 Å². The van der Waals surface area contributed by atoms with Crippen molar-refractivity contribution >= 4 is 5.71 Å². The van der Waals surface area contributed by atoms with Crippen molar-refractivity contribution in [3.8, 4) is 0 Å². The van der Waals surface area contributed by atoms with E-state index in [0.717, 1.165) is 12.0 Å². The Bertz CT molecular complexity index is 333. The zero-order valence-corrected chi connectivity index (χ0v) is 10.8. The first kappa shape index (κ1) is 13.1. The van der Waals surface area contributed by atoms with Gasteiger partial charge in [-0.1, -0.05) is 33.8 Å². The summed E-state index contributed by atoms with van der Waals surface area (Å²) in [6, 6.07) is 0. The topological polar surface area (TPSA) is 12.4 Å². The summed E-state index contributed by atoms with van der Waals surface area (Å²) in [5.74, 6) is 0. The molecule has 0 spiro atoms. The quantitative estimate of drug-likeness (QED) is 0.468. The first-order chi connectivity index (χ1) is 7.45. The molecule has 0 aromatic carbocycles. The van der Waals surface area contributed by atoms with Gasteiger partial charge in [-0.3, -0.25) is 0 Å². The fraction of sp³-hybridized carbons (Fsp3) is 0.643. The molecule has 0 unspecified atom stereocenters. The van der Waals surface area contributed by atoms with Crippen LogP contribution < -0.4 is 0 Å². The van der Waals surface area contributed by atoms with E-state index in [0.29, 0.717) is 11.1 Å². The van der Waals surface area contributed by atoms with Crippen molar-refractivity contribution < 1.29 is 4.48 Å². The van der Waals surface area contributed by atoms with Gasteiger partial charge in [0.25, 0.3) is 0 Å². The molecule has 0 atom stereocenters. The number of allylic oxidation sites excluding steroid dienone is 4. The highest BCUT2D eigenvalue weighted by molar-refractivity contribution is 5.92. The molecule has 0 heterocycles. The van der Waals surface area contributed by atoms with E-state index in [2.05, 4.69) is 25.1 Å². The summed E-state index contributed by atoms with van der Waals surface area (Å²) < 4.78 is 11.9. The molecule has 0 N–H and O–H groups in total. The van der Waals surface area contributed by atoms with Crippen molar-refractivity contribution in [2.24, 2.45) is 10.6 Å². The van der Waals surface area contributed by atoms with E-state index < -0.39 is 0 Å².